The van der Waals surface area contributed by atoms with Crippen LogP contribution in [0.3, 0.4) is 0 Å². The van der Waals surface area contributed by atoms with Crippen LogP contribution in [0.2, 0.25) is 0 Å². The number of anilines is 1. The van der Waals surface area contributed by atoms with E-state index >= 15 is 0 Å². The largest absolute Gasteiger partial charge is 0.497 e. The second-order valence-corrected chi connectivity index (χ2v) is 7.98. The smallest absolute Gasteiger partial charge is 0.399 e. The first kappa shape index (κ1) is 17.9. The van der Waals surface area contributed by atoms with Crippen molar-refractivity contribution >= 4 is 41.0 Å². The lowest BCUT2D eigenvalue weighted by Crippen LogP contribution is -2.49. The number of hydrogen-bond donors (Lipinski definition) is 1. The Bertz CT molecular complexity index is 928. The summed E-state index contributed by atoms with van der Waals surface area (Å²) in [5.74, 6) is -0.248. The zero-order chi connectivity index (χ0) is 19.4. The van der Waals surface area contributed by atoms with E-state index < -0.39 is 24.4 Å². The predicted octanol–water partition coefficient (Wildman–Crippen LogP) is 1.98. The highest BCUT2D eigenvalue weighted by atomic mass is 16.7. The van der Waals surface area contributed by atoms with Crippen molar-refractivity contribution in [2.75, 3.05) is 11.4 Å². The van der Waals surface area contributed by atoms with Gasteiger partial charge < -0.3 is 9.31 Å². The molecule has 2 fully saturated rings. The van der Waals surface area contributed by atoms with Gasteiger partial charge in [0.15, 0.2) is 0 Å². The van der Waals surface area contributed by atoms with Crippen molar-refractivity contribution in [2.45, 2.75) is 45.3 Å². The molecule has 140 valence electrons. The van der Waals surface area contributed by atoms with E-state index in [1.807, 2.05) is 45.9 Å². The van der Waals surface area contributed by atoms with Crippen LogP contribution in [-0.2, 0) is 14.1 Å². The molecule has 0 unspecified atom stereocenters. The number of urea groups is 1. The van der Waals surface area contributed by atoms with Crippen LogP contribution in [0.15, 0.2) is 30.6 Å². The molecule has 8 heteroatoms. The van der Waals surface area contributed by atoms with Crippen molar-refractivity contribution in [3.63, 3.8) is 0 Å². The van der Waals surface area contributed by atoms with E-state index in [1.54, 1.807) is 17.3 Å². The summed E-state index contributed by atoms with van der Waals surface area (Å²) >= 11 is 0. The number of carbonyl (C=O) groups is 2. The quantitative estimate of drug-likeness (QED) is 0.821. The third-order valence-corrected chi connectivity index (χ3v) is 5.65. The average molecular weight is 367 g/mol. The number of pyridine rings is 1. The third-order valence-electron chi connectivity index (χ3n) is 5.65. The molecule has 1 aromatic heterocycles. The summed E-state index contributed by atoms with van der Waals surface area (Å²) in [6.07, 6.45) is 3.80. The number of carbonyl (C=O) groups excluding carboxylic acids is 2. The SMILES string of the molecule is CC1(C)OB(c2cncc3cc(N4CCC(=O)NC4=O)ccc23)OC1(C)C. The van der Waals surface area contributed by atoms with E-state index in [4.69, 9.17) is 9.31 Å². The van der Waals surface area contributed by atoms with E-state index in [0.29, 0.717) is 6.54 Å². The topological polar surface area (TPSA) is 80.8 Å². The molecule has 0 radical (unpaired) electrons. The first-order valence-corrected chi connectivity index (χ1v) is 9.03. The van der Waals surface area contributed by atoms with Crippen LogP contribution >= 0.6 is 0 Å². The van der Waals surface area contributed by atoms with Crippen LogP contribution in [0.1, 0.15) is 34.1 Å². The van der Waals surface area contributed by atoms with Crippen LogP contribution in [0, 0.1) is 0 Å². The van der Waals surface area contributed by atoms with E-state index in [9.17, 15) is 9.59 Å². The number of nitrogens with one attached hydrogen (secondary N) is 1. The van der Waals surface area contributed by atoms with Crippen molar-refractivity contribution in [1.82, 2.24) is 10.3 Å². The average Bonchev–Trinajstić information content (AvgIpc) is 2.81. The Balaban J connectivity index is 1.70. The third kappa shape index (κ3) is 2.98. The minimum Gasteiger partial charge on any atom is -0.399 e. The molecule has 1 N–H and O–H groups in total. The molecule has 3 heterocycles. The lowest BCUT2D eigenvalue weighted by Gasteiger charge is -2.32. The molecule has 2 aromatic rings. The monoisotopic (exact) mass is 367 g/mol. The molecule has 0 spiro atoms. The molecule has 4 rings (SSSR count). The van der Waals surface area contributed by atoms with Crippen molar-refractivity contribution in [1.29, 1.82) is 0 Å². The van der Waals surface area contributed by atoms with Gasteiger partial charge in [-0.3, -0.25) is 20.0 Å². The number of fused-ring (bicyclic) bond motifs is 1. The van der Waals surface area contributed by atoms with Gasteiger partial charge in [-0.1, -0.05) is 6.07 Å². The summed E-state index contributed by atoms with van der Waals surface area (Å²) in [5, 5.41) is 4.18. The van der Waals surface area contributed by atoms with Gasteiger partial charge in [-0.15, -0.1) is 0 Å². The number of nitrogens with zero attached hydrogens (tertiary/aromatic N) is 2. The molecule has 7 nitrogen and oxygen atoms in total. The van der Waals surface area contributed by atoms with Crippen molar-refractivity contribution in [3.8, 4) is 0 Å². The van der Waals surface area contributed by atoms with Gasteiger partial charge in [0.05, 0.1) is 11.2 Å². The Morgan fingerprint density at radius 3 is 2.48 bits per heavy atom. The molecule has 27 heavy (non-hydrogen) atoms. The van der Waals surface area contributed by atoms with Crippen LogP contribution in [0.5, 0.6) is 0 Å². The number of benzene rings is 1. The summed E-state index contributed by atoms with van der Waals surface area (Å²) in [7, 11) is -0.507. The predicted molar refractivity (Wildman–Crippen MR) is 103 cm³/mol. The fourth-order valence-corrected chi connectivity index (χ4v) is 3.32. The van der Waals surface area contributed by atoms with Crippen LogP contribution in [0.4, 0.5) is 10.5 Å². The molecule has 0 aliphatic carbocycles. The summed E-state index contributed by atoms with van der Waals surface area (Å²) in [6, 6.07) is 5.30. The first-order valence-electron chi connectivity index (χ1n) is 9.03. The Kier molecular flexibility index (Phi) is 4.01. The lowest BCUT2D eigenvalue weighted by molar-refractivity contribution is -0.120. The molecule has 2 aliphatic heterocycles. The highest BCUT2D eigenvalue weighted by Gasteiger charge is 2.52. The number of hydrogen-bond acceptors (Lipinski definition) is 5. The molecule has 2 saturated heterocycles. The molecular weight excluding hydrogens is 345 g/mol. The first-order chi connectivity index (χ1) is 12.7. The Labute approximate surface area is 158 Å². The van der Waals surface area contributed by atoms with E-state index in [1.165, 1.54) is 0 Å². The molecule has 3 amide bonds. The number of amides is 3. The molecular formula is C19H22BN3O4. The normalized spacial score (nSPS) is 21.6. The Morgan fingerprint density at radius 2 is 1.81 bits per heavy atom. The molecule has 1 aromatic carbocycles. The zero-order valence-electron chi connectivity index (χ0n) is 15.9. The summed E-state index contributed by atoms with van der Waals surface area (Å²) in [4.78, 5) is 29.4. The summed E-state index contributed by atoms with van der Waals surface area (Å²) in [6.45, 7) is 8.42. The summed E-state index contributed by atoms with van der Waals surface area (Å²) < 4.78 is 12.3. The maximum absolute atomic E-state index is 12.1. The van der Waals surface area contributed by atoms with Gasteiger partial charge in [-0.2, -0.15) is 0 Å². The van der Waals surface area contributed by atoms with Gasteiger partial charge >= 0.3 is 13.1 Å². The van der Waals surface area contributed by atoms with Gasteiger partial charge in [0.25, 0.3) is 0 Å². The maximum Gasteiger partial charge on any atom is 0.497 e. The van der Waals surface area contributed by atoms with Gasteiger partial charge in [-0.05, 0) is 45.2 Å². The minimum atomic E-state index is -0.507. The fourth-order valence-electron chi connectivity index (χ4n) is 3.32. The van der Waals surface area contributed by atoms with Crippen LogP contribution in [0.25, 0.3) is 10.8 Å². The highest BCUT2D eigenvalue weighted by Crippen LogP contribution is 2.37. The number of aromatic nitrogens is 1. The molecule has 0 atom stereocenters. The van der Waals surface area contributed by atoms with Gasteiger partial charge in [0.1, 0.15) is 0 Å². The lowest BCUT2D eigenvalue weighted by atomic mass is 9.77. The molecule has 2 aliphatic rings. The standard InChI is InChI=1S/C19H22BN3O4/c1-18(2)19(3,4)27-20(26-18)15-11-21-10-12-9-13(5-6-14(12)15)23-8-7-16(24)22-17(23)25/h5-6,9-11H,7-8H2,1-4H3,(H,22,24,25). The van der Waals surface area contributed by atoms with E-state index in [2.05, 4.69) is 10.3 Å². The van der Waals surface area contributed by atoms with Crippen molar-refractivity contribution < 1.29 is 18.9 Å². The maximum atomic E-state index is 12.1. The summed E-state index contributed by atoms with van der Waals surface area (Å²) in [5.41, 5.74) is 0.715. The second-order valence-electron chi connectivity index (χ2n) is 7.98. The number of imide groups is 1. The molecule has 0 saturated carbocycles. The minimum absolute atomic E-state index is 0.248. The van der Waals surface area contributed by atoms with Crippen molar-refractivity contribution in [2.24, 2.45) is 0 Å². The van der Waals surface area contributed by atoms with Crippen molar-refractivity contribution in [3.05, 3.63) is 30.6 Å². The van der Waals surface area contributed by atoms with E-state index in [0.717, 1.165) is 21.9 Å². The fraction of sp³-hybridized carbons (Fsp3) is 0.421. The van der Waals surface area contributed by atoms with Gasteiger partial charge in [-0.25, -0.2) is 4.79 Å². The Hall–Kier alpha value is -2.45. The van der Waals surface area contributed by atoms with Crippen LogP contribution < -0.4 is 15.7 Å². The van der Waals surface area contributed by atoms with Gasteiger partial charge in [0.2, 0.25) is 5.91 Å². The van der Waals surface area contributed by atoms with Crippen LogP contribution in [-0.4, -0.2) is 41.8 Å². The van der Waals surface area contributed by atoms with E-state index in [-0.39, 0.29) is 12.3 Å². The zero-order valence-corrected chi connectivity index (χ0v) is 15.9. The molecule has 0 bridgehead atoms. The van der Waals surface area contributed by atoms with Gasteiger partial charge in [0, 0.05) is 41.9 Å². The highest BCUT2D eigenvalue weighted by molar-refractivity contribution is 6.65. The second kappa shape index (κ2) is 6.04. The number of rotatable bonds is 2. The Morgan fingerprint density at radius 1 is 1.11 bits per heavy atom.